The second-order valence-corrected chi connectivity index (χ2v) is 5.99. The third-order valence-corrected chi connectivity index (χ3v) is 4.46. The van der Waals surface area contributed by atoms with Crippen LogP contribution in [0.3, 0.4) is 0 Å². The van der Waals surface area contributed by atoms with E-state index in [2.05, 4.69) is 55.5 Å². The summed E-state index contributed by atoms with van der Waals surface area (Å²) in [5, 5.41) is 10.7. The molecule has 6 heteroatoms. The van der Waals surface area contributed by atoms with Crippen molar-refractivity contribution >= 4 is 16.7 Å². The number of nitrogens with one attached hydrogen (secondary N) is 1. The molecule has 1 N–H and O–H groups in total. The molecule has 24 heavy (non-hydrogen) atoms. The van der Waals surface area contributed by atoms with Crippen molar-refractivity contribution in [3.8, 4) is 5.75 Å². The van der Waals surface area contributed by atoms with Gasteiger partial charge in [0.05, 0.1) is 0 Å². The van der Waals surface area contributed by atoms with Gasteiger partial charge >= 0.3 is 0 Å². The molecule has 1 aliphatic rings. The molecule has 1 aromatic heterocycles. The van der Waals surface area contributed by atoms with Gasteiger partial charge in [-0.3, -0.25) is 4.90 Å². The minimum atomic E-state index is 0.689. The maximum atomic E-state index is 5.86. The number of ether oxygens (including phenoxy) is 1. The van der Waals surface area contributed by atoms with Gasteiger partial charge in [0.15, 0.2) is 0 Å². The lowest BCUT2D eigenvalue weighted by Gasteiger charge is -2.36. The Morgan fingerprint density at radius 3 is 2.54 bits per heavy atom. The Labute approximate surface area is 141 Å². The highest BCUT2D eigenvalue weighted by Crippen LogP contribution is 2.18. The third kappa shape index (κ3) is 3.33. The van der Waals surface area contributed by atoms with Crippen molar-refractivity contribution in [2.75, 3.05) is 44.2 Å². The van der Waals surface area contributed by atoms with Crippen LogP contribution in [0.15, 0.2) is 48.5 Å². The van der Waals surface area contributed by atoms with Gasteiger partial charge in [-0.15, -0.1) is 0 Å². The molecule has 1 fully saturated rings. The van der Waals surface area contributed by atoms with Gasteiger partial charge < -0.3 is 9.64 Å². The van der Waals surface area contributed by atoms with Crippen molar-refractivity contribution in [2.45, 2.75) is 0 Å². The number of fused-ring (bicyclic) bond motifs is 1. The van der Waals surface area contributed by atoms with E-state index in [4.69, 9.17) is 4.74 Å². The third-order valence-electron chi connectivity index (χ3n) is 4.46. The predicted molar refractivity (Wildman–Crippen MR) is 94.5 cm³/mol. The molecular formula is C18H21N5O. The van der Waals surface area contributed by atoms with Crippen molar-refractivity contribution in [3.05, 3.63) is 48.5 Å². The number of rotatable bonds is 5. The molecule has 0 aliphatic carbocycles. The number of aromatic amines is 1. The van der Waals surface area contributed by atoms with E-state index in [9.17, 15) is 0 Å². The summed E-state index contributed by atoms with van der Waals surface area (Å²) in [4.78, 5) is 4.89. The second-order valence-electron chi connectivity index (χ2n) is 5.99. The molecule has 0 bridgehead atoms. The van der Waals surface area contributed by atoms with E-state index >= 15 is 0 Å². The van der Waals surface area contributed by atoms with Gasteiger partial charge in [-0.25, -0.2) is 0 Å². The van der Waals surface area contributed by atoms with Crippen LogP contribution in [-0.2, 0) is 0 Å². The number of hydrogen-bond acceptors (Lipinski definition) is 5. The number of para-hydroxylation sites is 1. The number of H-pyrrole nitrogens is 1. The summed E-state index contributed by atoms with van der Waals surface area (Å²) in [6, 6.07) is 16.4. The van der Waals surface area contributed by atoms with E-state index in [0.29, 0.717) is 6.61 Å². The molecule has 2 heterocycles. The summed E-state index contributed by atoms with van der Waals surface area (Å²) in [6.07, 6.45) is 0. The lowest BCUT2D eigenvalue weighted by Crippen LogP contribution is -2.47. The first kappa shape index (κ1) is 15.0. The van der Waals surface area contributed by atoms with E-state index in [0.717, 1.165) is 49.5 Å². The van der Waals surface area contributed by atoms with Crippen LogP contribution in [0.2, 0.25) is 0 Å². The standard InChI is InChI=1S/C18H21N5O/c1-2-4-15(5-3-1)23-10-8-22(9-11-23)12-13-24-16-6-7-17-18(14-16)20-21-19-17/h1-7,14H,8-13H2,(H,19,20,21). The van der Waals surface area contributed by atoms with Crippen molar-refractivity contribution in [2.24, 2.45) is 0 Å². The zero-order valence-electron chi connectivity index (χ0n) is 13.6. The van der Waals surface area contributed by atoms with Gasteiger partial charge in [-0.05, 0) is 24.3 Å². The highest BCUT2D eigenvalue weighted by molar-refractivity contribution is 5.75. The normalized spacial score (nSPS) is 15.8. The maximum Gasteiger partial charge on any atom is 0.121 e. The molecule has 4 rings (SSSR count). The van der Waals surface area contributed by atoms with Crippen molar-refractivity contribution in [1.29, 1.82) is 0 Å². The van der Waals surface area contributed by atoms with Crippen LogP contribution in [0.1, 0.15) is 0 Å². The van der Waals surface area contributed by atoms with Crippen LogP contribution < -0.4 is 9.64 Å². The summed E-state index contributed by atoms with van der Waals surface area (Å²) in [7, 11) is 0. The number of hydrogen-bond donors (Lipinski definition) is 1. The SMILES string of the molecule is c1ccc(N2CCN(CCOc3ccc4n[nH]nc4c3)CC2)cc1. The lowest BCUT2D eigenvalue weighted by molar-refractivity contribution is 0.200. The van der Waals surface area contributed by atoms with Gasteiger partial charge in [0.1, 0.15) is 23.4 Å². The lowest BCUT2D eigenvalue weighted by atomic mass is 10.2. The monoisotopic (exact) mass is 323 g/mol. The first-order chi connectivity index (χ1) is 11.9. The van der Waals surface area contributed by atoms with Gasteiger partial charge in [-0.2, -0.15) is 15.4 Å². The molecule has 3 aromatic rings. The van der Waals surface area contributed by atoms with E-state index in [-0.39, 0.29) is 0 Å². The Balaban J connectivity index is 1.24. The fraction of sp³-hybridized carbons (Fsp3) is 0.333. The molecule has 2 aromatic carbocycles. The Morgan fingerprint density at radius 1 is 0.917 bits per heavy atom. The molecule has 0 unspecified atom stereocenters. The van der Waals surface area contributed by atoms with Crippen molar-refractivity contribution in [1.82, 2.24) is 20.3 Å². The van der Waals surface area contributed by atoms with E-state index in [1.165, 1.54) is 5.69 Å². The largest absolute Gasteiger partial charge is 0.492 e. The molecular weight excluding hydrogens is 302 g/mol. The minimum absolute atomic E-state index is 0.689. The zero-order chi connectivity index (χ0) is 16.2. The van der Waals surface area contributed by atoms with Gasteiger partial charge in [0.25, 0.3) is 0 Å². The average Bonchev–Trinajstić information content (AvgIpc) is 3.11. The van der Waals surface area contributed by atoms with Crippen molar-refractivity contribution < 1.29 is 4.74 Å². The molecule has 0 spiro atoms. The Morgan fingerprint density at radius 2 is 1.71 bits per heavy atom. The molecule has 0 saturated carbocycles. The number of benzene rings is 2. The molecule has 1 aliphatic heterocycles. The van der Waals surface area contributed by atoms with Crippen LogP contribution in [0.5, 0.6) is 5.75 Å². The van der Waals surface area contributed by atoms with Crippen LogP contribution in [0.4, 0.5) is 5.69 Å². The zero-order valence-corrected chi connectivity index (χ0v) is 13.6. The number of anilines is 1. The molecule has 0 amide bonds. The first-order valence-electron chi connectivity index (χ1n) is 8.34. The fourth-order valence-electron chi connectivity index (χ4n) is 3.07. The summed E-state index contributed by atoms with van der Waals surface area (Å²) in [5.74, 6) is 0.847. The Hall–Kier alpha value is -2.60. The number of nitrogens with zero attached hydrogens (tertiary/aromatic N) is 4. The van der Waals surface area contributed by atoms with Crippen LogP contribution in [0, 0.1) is 0 Å². The summed E-state index contributed by atoms with van der Waals surface area (Å²) in [5.41, 5.74) is 3.01. The van der Waals surface area contributed by atoms with E-state index < -0.39 is 0 Å². The van der Waals surface area contributed by atoms with E-state index in [1.54, 1.807) is 0 Å². The predicted octanol–water partition coefficient (Wildman–Crippen LogP) is 2.16. The maximum absolute atomic E-state index is 5.86. The Kier molecular flexibility index (Phi) is 4.29. The van der Waals surface area contributed by atoms with Gasteiger partial charge in [0.2, 0.25) is 0 Å². The van der Waals surface area contributed by atoms with Gasteiger partial charge in [-0.1, -0.05) is 18.2 Å². The molecule has 0 radical (unpaired) electrons. The van der Waals surface area contributed by atoms with Crippen molar-refractivity contribution in [3.63, 3.8) is 0 Å². The fourth-order valence-corrected chi connectivity index (χ4v) is 3.07. The highest BCUT2D eigenvalue weighted by Gasteiger charge is 2.16. The quantitative estimate of drug-likeness (QED) is 0.780. The van der Waals surface area contributed by atoms with Crippen LogP contribution in [0.25, 0.3) is 11.0 Å². The van der Waals surface area contributed by atoms with E-state index in [1.807, 2.05) is 18.2 Å². The summed E-state index contributed by atoms with van der Waals surface area (Å²) in [6.45, 7) is 5.90. The average molecular weight is 323 g/mol. The van der Waals surface area contributed by atoms with Gasteiger partial charge in [0, 0.05) is 44.5 Å². The molecule has 1 saturated heterocycles. The van der Waals surface area contributed by atoms with Crippen LogP contribution in [-0.4, -0.2) is 59.6 Å². The van der Waals surface area contributed by atoms with Crippen LogP contribution >= 0.6 is 0 Å². The topological polar surface area (TPSA) is 57.3 Å². The second kappa shape index (κ2) is 6.88. The first-order valence-corrected chi connectivity index (χ1v) is 8.34. The molecule has 124 valence electrons. The number of piperazine rings is 1. The molecule has 6 nitrogen and oxygen atoms in total. The smallest absolute Gasteiger partial charge is 0.121 e. The highest BCUT2D eigenvalue weighted by atomic mass is 16.5. The Bertz CT molecular complexity index is 780. The number of aromatic nitrogens is 3. The summed E-state index contributed by atoms with van der Waals surface area (Å²) < 4.78 is 5.86. The minimum Gasteiger partial charge on any atom is -0.492 e. The molecule has 0 atom stereocenters. The summed E-state index contributed by atoms with van der Waals surface area (Å²) >= 11 is 0.